The highest BCUT2D eigenvalue weighted by Crippen LogP contribution is 2.25. The van der Waals surface area contributed by atoms with Gasteiger partial charge in [-0.05, 0) is 50.6 Å². The lowest BCUT2D eigenvalue weighted by Gasteiger charge is -2.13. The number of ether oxygens (including phenoxy) is 1. The number of carbonyl (C=O) groups is 2. The number of fused-ring (bicyclic) bond motifs is 3. The summed E-state index contributed by atoms with van der Waals surface area (Å²) in [6, 6.07) is 12.1. The lowest BCUT2D eigenvalue weighted by Crippen LogP contribution is -2.30. The van der Waals surface area contributed by atoms with Gasteiger partial charge in [0.1, 0.15) is 5.75 Å². The first-order valence-corrected chi connectivity index (χ1v) is 12.6. The third kappa shape index (κ3) is 5.06. The summed E-state index contributed by atoms with van der Waals surface area (Å²) in [6.45, 7) is 6.20. The number of aromatic nitrogens is 4. The first-order chi connectivity index (χ1) is 17.3. The molecule has 4 rings (SSSR count). The largest absolute Gasteiger partial charge is 0.495 e. The lowest BCUT2D eigenvalue weighted by molar-refractivity contribution is -0.113. The number of benzene rings is 2. The molecule has 0 aliphatic carbocycles. The lowest BCUT2D eigenvalue weighted by atomic mass is 10.1. The van der Waals surface area contributed by atoms with Crippen molar-refractivity contribution >= 4 is 45.9 Å². The van der Waals surface area contributed by atoms with Crippen molar-refractivity contribution in [2.24, 2.45) is 0 Å². The second-order valence-electron chi connectivity index (χ2n) is 8.47. The fraction of sp³-hybridized carbons (Fsp3) is 0.320. The molecule has 188 valence electrons. The highest BCUT2D eigenvalue weighted by atomic mass is 32.2. The van der Waals surface area contributed by atoms with Crippen molar-refractivity contribution in [3.63, 3.8) is 0 Å². The molecule has 0 saturated carbocycles. The Morgan fingerprint density at radius 2 is 1.92 bits per heavy atom. The zero-order chi connectivity index (χ0) is 25.8. The Balaban J connectivity index is 1.73. The van der Waals surface area contributed by atoms with Crippen LogP contribution in [0.25, 0.3) is 16.7 Å². The van der Waals surface area contributed by atoms with E-state index < -0.39 is 0 Å². The summed E-state index contributed by atoms with van der Waals surface area (Å²) in [7, 11) is 1.54. The van der Waals surface area contributed by atoms with Gasteiger partial charge in [-0.2, -0.15) is 0 Å². The third-order valence-electron chi connectivity index (χ3n) is 5.41. The maximum Gasteiger partial charge on any atom is 0.262 e. The first-order valence-electron chi connectivity index (χ1n) is 11.6. The number of para-hydroxylation sites is 2. The average molecular weight is 509 g/mol. The van der Waals surface area contributed by atoms with Crippen molar-refractivity contribution in [2.45, 2.75) is 44.9 Å². The number of hydrogen-bond acceptors (Lipinski definition) is 7. The van der Waals surface area contributed by atoms with E-state index in [9.17, 15) is 14.4 Å². The topological polar surface area (TPSA) is 120 Å². The molecule has 0 bridgehead atoms. The summed E-state index contributed by atoms with van der Waals surface area (Å²) in [5, 5.41) is 15.1. The third-order valence-corrected chi connectivity index (χ3v) is 6.34. The van der Waals surface area contributed by atoms with E-state index in [4.69, 9.17) is 4.74 Å². The number of aryl methyl sites for hydroxylation is 1. The van der Waals surface area contributed by atoms with Crippen molar-refractivity contribution in [3.8, 4) is 5.75 Å². The Morgan fingerprint density at radius 1 is 1.14 bits per heavy atom. The van der Waals surface area contributed by atoms with Crippen molar-refractivity contribution in [1.82, 2.24) is 24.5 Å². The fourth-order valence-corrected chi connectivity index (χ4v) is 4.59. The second kappa shape index (κ2) is 10.8. The molecule has 0 aliphatic heterocycles. The quantitative estimate of drug-likeness (QED) is 0.333. The summed E-state index contributed by atoms with van der Waals surface area (Å²) in [5.74, 6) is 0.496. The van der Waals surface area contributed by atoms with E-state index in [0.29, 0.717) is 45.4 Å². The van der Waals surface area contributed by atoms with Gasteiger partial charge in [0.15, 0.2) is 5.16 Å². The number of methoxy groups -OCH3 is 1. The molecule has 0 fully saturated rings. The van der Waals surface area contributed by atoms with Crippen LogP contribution in [0.4, 0.5) is 5.69 Å². The van der Waals surface area contributed by atoms with Gasteiger partial charge in [0.2, 0.25) is 11.7 Å². The van der Waals surface area contributed by atoms with E-state index >= 15 is 0 Å². The van der Waals surface area contributed by atoms with Crippen LogP contribution in [-0.2, 0) is 11.3 Å². The zero-order valence-electron chi connectivity index (χ0n) is 20.6. The standard InChI is InChI=1S/C25H28N6O4S/c1-5-12-30-23(34)17-11-10-16(22(33)26-15(2)3)13-19(17)31-24(30)28-29-25(31)36-14-21(32)27-18-8-6-7-9-20(18)35-4/h6-11,13,15H,5,12,14H2,1-4H3,(H,26,33)(H,27,32). The van der Waals surface area contributed by atoms with Gasteiger partial charge in [0.25, 0.3) is 11.5 Å². The Labute approximate surface area is 212 Å². The van der Waals surface area contributed by atoms with Crippen LogP contribution in [0, 0.1) is 0 Å². The molecular weight excluding hydrogens is 480 g/mol. The molecule has 0 spiro atoms. The molecule has 2 N–H and O–H groups in total. The SMILES string of the molecule is CCCn1c(=O)c2ccc(C(=O)NC(C)C)cc2n2c(SCC(=O)Nc3ccccc3OC)nnc12. The molecule has 2 aromatic heterocycles. The van der Waals surface area contributed by atoms with E-state index in [1.807, 2.05) is 32.9 Å². The molecule has 10 nitrogen and oxygen atoms in total. The monoisotopic (exact) mass is 508 g/mol. The van der Waals surface area contributed by atoms with Crippen molar-refractivity contribution in [3.05, 3.63) is 58.4 Å². The summed E-state index contributed by atoms with van der Waals surface area (Å²) in [6.07, 6.45) is 0.729. The molecule has 0 saturated heterocycles. The van der Waals surface area contributed by atoms with E-state index in [2.05, 4.69) is 20.8 Å². The van der Waals surface area contributed by atoms with Crippen LogP contribution in [0.2, 0.25) is 0 Å². The van der Waals surface area contributed by atoms with Gasteiger partial charge in [0, 0.05) is 18.2 Å². The first kappa shape index (κ1) is 25.2. The molecule has 0 radical (unpaired) electrons. The van der Waals surface area contributed by atoms with E-state index in [1.165, 1.54) is 11.8 Å². The van der Waals surface area contributed by atoms with Gasteiger partial charge in [0.05, 0.1) is 29.5 Å². The number of carbonyl (C=O) groups excluding carboxylic acids is 2. The normalized spacial score (nSPS) is 11.2. The van der Waals surface area contributed by atoms with Crippen LogP contribution < -0.4 is 20.9 Å². The second-order valence-corrected chi connectivity index (χ2v) is 9.41. The average Bonchev–Trinajstić information content (AvgIpc) is 3.29. The summed E-state index contributed by atoms with van der Waals surface area (Å²) in [5.41, 5.74) is 1.30. The zero-order valence-corrected chi connectivity index (χ0v) is 21.4. The molecule has 0 aliphatic rings. The molecule has 0 unspecified atom stereocenters. The number of amides is 2. The predicted octanol–water partition coefficient (Wildman–Crippen LogP) is 3.33. The molecule has 36 heavy (non-hydrogen) atoms. The smallest absolute Gasteiger partial charge is 0.262 e. The molecule has 2 heterocycles. The highest BCUT2D eigenvalue weighted by molar-refractivity contribution is 7.99. The van der Waals surface area contributed by atoms with Crippen molar-refractivity contribution in [1.29, 1.82) is 0 Å². The number of hydrogen-bond donors (Lipinski definition) is 2. The van der Waals surface area contributed by atoms with Crippen LogP contribution in [0.3, 0.4) is 0 Å². The van der Waals surface area contributed by atoms with Crippen molar-refractivity contribution < 1.29 is 14.3 Å². The van der Waals surface area contributed by atoms with Gasteiger partial charge >= 0.3 is 0 Å². The number of anilines is 1. The van der Waals surface area contributed by atoms with Crippen LogP contribution >= 0.6 is 11.8 Å². The van der Waals surface area contributed by atoms with Crippen LogP contribution in [0.1, 0.15) is 37.6 Å². The van der Waals surface area contributed by atoms with Gasteiger partial charge in [-0.25, -0.2) is 0 Å². The summed E-state index contributed by atoms with van der Waals surface area (Å²) >= 11 is 1.19. The molecule has 4 aromatic rings. The Hall–Kier alpha value is -3.86. The Morgan fingerprint density at radius 3 is 2.64 bits per heavy atom. The summed E-state index contributed by atoms with van der Waals surface area (Å²) in [4.78, 5) is 38.6. The minimum atomic E-state index is -0.246. The van der Waals surface area contributed by atoms with Gasteiger partial charge in [-0.15, -0.1) is 10.2 Å². The molecule has 2 aromatic carbocycles. The minimum Gasteiger partial charge on any atom is -0.495 e. The summed E-state index contributed by atoms with van der Waals surface area (Å²) < 4.78 is 8.60. The Bertz CT molecular complexity index is 1490. The van der Waals surface area contributed by atoms with E-state index in [0.717, 1.165) is 6.42 Å². The minimum absolute atomic E-state index is 0.0337. The molecule has 11 heteroatoms. The van der Waals surface area contributed by atoms with Crippen molar-refractivity contribution in [2.75, 3.05) is 18.2 Å². The molecular formula is C25H28N6O4S. The number of rotatable bonds is 9. The van der Waals surface area contributed by atoms with Gasteiger partial charge in [-0.1, -0.05) is 30.8 Å². The highest BCUT2D eigenvalue weighted by Gasteiger charge is 2.19. The molecule has 2 amide bonds. The predicted molar refractivity (Wildman–Crippen MR) is 140 cm³/mol. The molecule has 0 atom stereocenters. The van der Waals surface area contributed by atoms with Gasteiger partial charge in [-0.3, -0.25) is 23.4 Å². The maximum atomic E-state index is 13.2. The van der Waals surface area contributed by atoms with Crippen LogP contribution in [-0.4, -0.2) is 49.9 Å². The number of thioether (sulfide) groups is 1. The maximum absolute atomic E-state index is 13.2. The van der Waals surface area contributed by atoms with E-state index in [-0.39, 0.29) is 29.2 Å². The van der Waals surface area contributed by atoms with Crippen LogP contribution in [0.5, 0.6) is 5.75 Å². The fourth-order valence-electron chi connectivity index (χ4n) is 3.85. The van der Waals surface area contributed by atoms with E-state index in [1.54, 1.807) is 46.4 Å². The number of nitrogens with one attached hydrogen (secondary N) is 2. The van der Waals surface area contributed by atoms with Crippen LogP contribution in [0.15, 0.2) is 52.4 Å². The number of nitrogens with zero attached hydrogens (tertiary/aromatic N) is 4. The Kier molecular flexibility index (Phi) is 7.58. The van der Waals surface area contributed by atoms with Gasteiger partial charge < -0.3 is 15.4 Å².